The van der Waals surface area contributed by atoms with Crippen LogP contribution in [0.15, 0.2) is 24.3 Å². The first-order chi connectivity index (χ1) is 9.85. The lowest BCUT2D eigenvalue weighted by Gasteiger charge is -2.18. The number of hydrogen-bond donors (Lipinski definition) is 1. The Bertz CT molecular complexity index is 614. The van der Waals surface area contributed by atoms with Gasteiger partial charge in [-0.1, -0.05) is 6.07 Å². The van der Waals surface area contributed by atoms with E-state index in [1.807, 2.05) is 6.92 Å². The van der Waals surface area contributed by atoms with E-state index in [9.17, 15) is 9.59 Å². The molecule has 1 aromatic rings. The highest BCUT2D eigenvalue weighted by molar-refractivity contribution is 5.95. The Hall–Kier alpha value is -2.61. The first-order valence-corrected chi connectivity index (χ1v) is 6.52. The third-order valence-electron chi connectivity index (χ3n) is 3.05. The van der Waals surface area contributed by atoms with E-state index in [-0.39, 0.29) is 11.8 Å². The Kier molecular flexibility index (Phi) is 5.67. The zero-order valence-electron chi connectivity index (χ0n) is 12.3. The first kappa shape index (κ1) is 16.4. The number of nitriles is 1. The van der Waals surface area contributed by atoms with Crippen molar-refractivity contribution in [3.63, 3.8) is 0 Å². The maximum absolute atomic E-state index is 12.3. The smallest absolute Gasteiger partial charge is 0.328 e. The van der Waals surface area contributed by atoms with Gasteiger partial charge < -0.3 is 10.0 Å². The fraction of sp³-hybridized carbons (Fsp3) is 0.312. The van der Waals surface area contributed by atoms with Crippen LogP contribution in [0.2, 0.25) is 0 Å². The third kappa shape index (κ3) is 4.77. The number of carbonyl (C=O) groups is 2. The van der Waals surface area contributed by atoms with E-state index in [1.165, 1.54) is 11.0 Å². The van der Waals surface area contributed by atoms with Crippen LogP contribution < -0.4 is 0 Å². The van der Waals surface area contributed by atoms with E-state index in [0.717, 1.165) is 11.6 Å². The zero-order valence-corrected chi connectivity index (χ0v) is 12.3. The molecular formula is C16H18N2O3. The van der Waals surface area contributed by atoms with Gasteiger partial charge in [-0.3, -0.25) is 4.79 Å². The van der Waals surface area contributed by atoms with Crippen LogP contribution in [0.25, 0.3) is 6.08 Å². The van der Waals surface area contributed by atoms with Crippen molar-refractivity contribution in [3.8, 4) is 6.07 Å². The number of aliphatic carboxylic acids is 1. The van der Waals surface area contributed by atoms with Gasteiger partial charge in [0.2, 0.25) is 0 Å². The zero-order chi connectivity index (χ0) is 16.0. The molecule has 0 heterocycles. The maximum Gasteiger partial charge on any atom is 0.328 e. The molecule has 0 saturated carbocycles. The van der Waals surface area contributed by atoms with Crippen LogP contribution in [0, 0.1) is 24.2 Å². The molecule has 5 heteroatoms. The van der Waals surface area contributed by atoms with Gasteiger partial charge in [0.15, 0.2) is 0 Å². The Morgan fingerprint density at radius 1 is 1.48 bits per heavy atom. The van der Waals surface area contributed by atoms with Crippen molar-refractivity contribution < 1.29 is 14.7 Å². The van der Waals surface area contributed by atoms with E-state index in [0.29, 0.717) is 17.7 Å². The van der Waals surface area contributed by atoms with Gasteiger partial charge in [0.05, 0.1) is 12.0 Å². The largest absolute Gasteiger partial charge is 0.478 e. The fourth-order valence-corrected chi connectivity index (χ4v) is 1.87. The number of aryl methyl sites for hydroxylation is 1. The van der Waals surface area contributed by atoms with Crippen LogP contribution in [-0.2, 0) is 4.79 Å². The minimum atomic E-state index is -1.04. The Morgan fingerprint density at radius 2 is 2.14 bits per heavy atom. The molecule has 0 aromatic heterocycles. The number of benzene rings is 1. The molecule has 0 saturated heterocycles. The molecule has 1 N–H and O–H groups in total. The molecule has 0 fully saturated rings. The molecule has 0 spiro atoms. The molecule has 0 aliphatic heterocycles. The second-order valence-corrected chi connectivity index (χ2v) is 4.96. The fourth-order valence-electron chi connectivity index (χ4n) is 1.87. The van der Waals surface area contributed by atoms with Gasteiger partial charge in [0.25, 0.3) is 5.91 Å². The lowest BCUT2D eigenvalue weighted by atomic mass is 10.0. The second-order valence-electron chi connectivity index (χ2n) is 4.96. The minimum absolute atomic E-state index is 0.193. The first-order valence-electron chi connectivity index (χ1n) is 6.52. The predicted octanol–water partition coefficient (Wildman–Crippen LogP) is 2.32. The summed E-state index contributed by atoms with van der Waals surface area (Å²) in [4.78, 5) is 24.3. The van der Waals surface area contributed by atoms with Gasteiger partial charge >= 0.3 is 5.97 Å². The maximum atomic E-state index is 12.3. The summed E-state index contributed by atoms with van der Waals surface area (Å²) in [6.45, 7) is 3.95. The van der Waals surface area contributed by atoms with E-state index in [4.69, 9.17) is 10.4 Å². The molecular weight excluding hydrogens is 268 g/mol. The van der Waals surface area contributed by atoms with Gasteiger partial charge in [-0.2, -0.15) is 5.26 Å². The van der Waals surface area contributed by atoms with E-state index in [2.05, 4.69) is 6.07 Å². The molecule has 0 aliphatic carbocycles. The molecule has 0 aliphatic rings. The van der Waals surface area contributed by atoms with Crippen LogP contribution in [0.4, 0.5) is 0 Å². The average molecular weight is 286 g/mol. The number of carboxylic acids is 1. The second kappa shape index (κ2) is 7.25. The van der Waals surface area contributed by atoms with Gasteiger partial charge in [0, 0.05) is 25.2 Å². The predicted molar refractivity (Wildman–Crippen MR) is 79.6 cm³/mol. The van der Waals surface area contributed by atoms with Crippen LogP contribution in [-0.4, -0.2) is 35.5 Å². The monoisotopic (exact) mass is 286 g/mol. The number of amides is 1. The molecule has 1 atom stereocenters. The van der Waals surface area contributed by atoms with Crippen molar-refractivity contribution in [2.45, 2.75) is 13.8 Å². The third-order valence-corrected chi connectivity index (χ3v) is 3.05. The molecule has 0 bridgehead atoms. The highest BCUT2D eigenvalue weighted by atomic mass is 16.4. The van der Waals surface area contributed by atoms with Crippen molar-refractivity contribution in [3.05, 3.63) is 41.0 Å². The van der Waals surface area contributed by atoms with Gasteiger partial charge in [0.1, 0.15) is 0 Å². The quantitative estimate of drug-likeness (QED) is 0.842. The number of carboxylic acid groups (broad SMARTS) is 1. The minimum Gasteiger partial charge on any atom is -0.478 e. The standard InChI is InChI=1S/C16H18N2O3/c1-11(9-17)10-18(3)16(21)14-5-4-12(2)13(8-14)6-7-15(19)20/h4-8,11H,10H2,1-3H3,(H,19,20)/b7-6+. The van der Waals surface area contributed by atoms with Crippen LogP contribution in [0.3, 0.4) is 0 Å². The lowest BCUT2D eigenvalue weighted by molar-refractivity contribution is -0.131. The van der Waals surface area contributed by atoms with E-state index in [1.54, 1.807) is 32.2 Å². The Balaban J connectivity index is 2.98. The molecule has 1 aromatic carbocycles. The van der Waals surface area contributed by atoms with Gasteiger partial charge in [-0.05, 0) is 43.2 Å². The van der Waals surface area contributed by atoms with E-state index >= 15 is 0 Å². The highest BCUT2D eigenvalue weighted by Crippen LogP contribution is 2.15. The van der Waals surface area contributed by atoms with Crippen molar-refractivity contribution in [2.24, 2.45) is 5.92 Å². The topological polar surface area (TPSA) is 81.4 Å². The molecule has 110 valence electrons. The summed E-state index contributed by atoms with van der Waals surface area (Å²) in [5.74, 6) is -1.47. The van der Waals surface area contributed by atoms with Gasteiger partial charge in [-0.25, -0.2) is 4.79 Å². The highest BCUT2D eigenvalue weighted by Gasteiger charge is 2.14. The number of hydrogen-bond acceptors (Lipinski definition) is 3. The molecule has 1 rings (SSSR count). The number of nitrogens with zero attached hydrogens (tertiary/aromatic N) is 2. The summed E-state index contributed by atoms with van der Waals surface area (Å²) >= 11 is 0. The van der Waals surface area contributed by atoms with E-state index < -0.39 is 5.97 Å². The molecule has 0 radical (unpaired) electrons. The molecule has 21 heavy (non-hydrogen) atoms. The lowest BCUT2D eigenvalue weighted by Crippen LogP contribution is -2.30. The van der Waals surface area contributed by atoms with Crippen LogP contribution in [0.5, 0.6) is 0 Å². The van der Waals surface area contributed by atoms with Crippen LogP contribution in [0.1, 0.15) is 28.4 Å². The summed E-state index contributed by atoms with van der Waals surface area (Å²) < 4.78 is 0. The van der Waals surface area contributed by atoms with Crippen molar-refractivity contribution >= 4 is 18.0 Å². The van der Waals surface area contributed by atoms with Gasteiger partial charge in [-0.15, -0.1) is 0 Å². The summed E-state index contributed by atoms with van der Waals surface area (Å²) in [6, 6.07) is 7.21. The van der Waals surface area contributed by atoms with Crippen LogP contribution >= 0.6 is 0 Å². The van der Waals surface area contributed by atoms with Crippen molar-refractivity contribution in [1.82, 2.24) is 4.90 Å². The number of rotatable bonds is 5. The average Bonchev–Trinajstić information content (AvgIpc) is 2.45. The summed E-state index contributed by atoms with van der Waals surface area (Å²) in [7, 11) is 1.64. The summed E-state index contributed by atoms with van der Waals surface area (Å²) in [6.07, 6.45) is 2.50. The molecule has 1 amide bonds. The molecule has 5 nitrogen and oxygen atoms in total. The van der Waals surface area contributed by atoms with Crippen molar-refractivity contribution in [1.29, 1.82) is 5.26 Å². The SMILES string of the molecule is Cc1ccc(C(=O)N(C)CC(C)C#N)cc1/C=C/C(=O)O. The summed E-state index contributed by atoms with van der Waals surface area (Å²) in [5.41, 5.74) is 2.04. The number of carbonyl (C=O) groups excluding carboxylic acids is 1. The Morgan fingerprint density at radius 3 is 2.71 bits per heavy atom. The molecule has 1 unspecified atom stereocenters. The normalized spacial score (nSPS) is 11.9. The van der Waals surface area contributed by atoms with Crippen molar-refractivity contribution in [2.75, 3.05) is 13.6 Å². The summed E-state index contributed by atoms with van der Waals surface area (Å²) in [5, 5.41) is 17.5. The Labute approximate surface area is 124 Å².